The van der Waals surface area contributed by atoms with Crippen molar-refractivity contribution < 1.29 is 24.2 Å². The monoisotopic (exact) mass is 242 g/mol. The fourth-order valence-corrected chi connectivity index (χ4v) is 1.04. The number of aliphatic carboxylic acids is 1. The molecular formula is C10H11FN2O4. The van der Waals surface area contributed by atoms with E-state index < -0.39 is 30.5 Å². The van der Waals surface area contributed by atoms with E-state index in [1.165, 1.54) is 12.1 Å². The molecule has 0 aliphatic heterocycles. The summed E-state index contributed by atoms with van der Waals surface area (Å²) in [4.78, 5) is 21.8. The van der Waals surface area contributed by atoms with Gasteiger partial charge in [-0.25, -0.2) is 14.0 Å². The number of carbonyl (C=O) groups excluding carboxylic acids is 1. The molecule has 1 aromatic rings. The van der Waals surface area contributed by atoms with Gasteiger partial charge in [-0.15, -0.1) is 0 Å². The minimum absolute atomic E-state index is 0.311. The fraction of sp³-hybridized carbons (Fsp3) is 0.200. The van der Waals surface area contributed by atoms with E-state index in [0.29, 0.717) is 5.69 Å². The van der Waals surface area contributed by atoms with Gasteiger partial charge in [0, 0.05) is 5.69 Å². The minimum atomic E-state index is -1.38. The summed E-state index contributed by atoms with van der Waals surface area (Å²) in [6.07, 6.45) is 0. The molecule has 0 aliphatic rings. The highest BCUT2D eigenvalue weighted by Crippen LogP contribution is 2.07. The maximum atomic E-state index is 12.6. The van der Waals surface area contributed by atoms with Gasteiger partial charge in [0.2, 0.25) is 0 Å². The van der Waals surface area contributed by atoms with Crippen LogP contribution >= 0.6 is 0 Å². The maximum absolute atomic E-state index is 12.6. The average Bonchev–Trinajstić information content (AvgIpc) is 2.28. The Labute approximate surface area is 96.1 Å². The van der Waals surface area contributed by atoms with Gasteiger partial charge in [0.25, 0.3) is 0 Å². The highest BCUT2D eigenvalue weighted by atomic mass is 19.1. The van der Waals surface area contributed by atoms with Crippen molar-refractivity contribution in [2.24, 2.45) is 0 Å². The highest BCUT2D eigenvalue weighted by molar-refractivity contribution is 5.92. The number of hydrogen-bond donors (Lipinski definition) is 4. The third kappa shape index (κ3) is 4.07. The first-order valence-corrected chi connectivity index (χ1v) is 4.69. The van der Waals surface area contributed by atoms with E-state index in [4.69, 9.17) is 10.2 Å². The van der Waals surface area contributed by atoms with Crippen LogP contribution in [0.5, 0.6) is 0 Å². The molecule has 2 amide bonds. The number of aliphatic hydroxyl groups is 1. The third-order valence-corrected chi connectivity index (χ3v) is 1.89. The third-order valence-electron chi connectivity index (χ3n) is 1.89. The number of amides is 2. The molecule has 7 heteroatoms. The Balaban J connectivity index is 2.54. The second-order valence-corrected chi connectivity index (χ2v) is 3.18. The van der Waals surface area contributed by atoms with E-state index in [1.54, 1.807) is 0 Å². The Bertz CT molecular complexity index is 407. The molecule has 0 fully saturated rings. The number of carboxylic acids is 1. The van der Waals surface area contributed by atoms with Crippen molar-refractivity contribution in [3.63, 3.8) is 0 Å². The van der Waals surface area contributed by atoms with Crippen LogP contribution in [0.4, 0.5) is 14.9 Å². The summed E-state index contributed by atoms with van der Waals surface area (Å²) in [5, 5.41) is 21.6. The van der Waals surface area contributed by atoms with E-state index in [-0.39, 0.29) is 0 Å². The Morgan fingerprint density at radius 3 is 2.35 bits per heavy atom. The average molecular weight is 242 g/mol. The molecule has 1 unspecified atom stereocenters. The second-order valence-electron chi connectivity index (χ2n) is 3.18. The number of hydrogen-bond acceptors (Lipinski definition) is 3. The van der Waals surface area contributed by atoms with E-state index in [2.05, 4.69) is 5.32 Å². The Morgan fingerprint density at radius 1 is 1.29 bits per heavy atom. The molecule has 17 heavy (non-hydrogen) atoms. The molecule has 4 N–H and O–H groups in total. The number of rotatable bonds is 4. The second kappa shape index (κ2) is 5.80. The number of halogens is 1. The number of carbonyl (C=O) groups is 2. The van der Waals surface area contributed by atoms with Crippen molar-refractivity contribution in [1.29, 1.82) is 0 Å². The van der Waals surface area contributed by atoms with Crippen molar-refractivity contribution in [2.75, 3.05) is 11.9 Å². The molecule has 1 aromatic carbocycles. The van der Waals surface area contributed by atoms with Crippen LogP contribution in [0.25, 0.3) is 0 Å². The number of anilines is 1. The van der Waals surface area contributed by atoms with Crippen molar-refractivity contribution in [2.45, 2.75) is 6.04 Å². The summed E-state index contributed by atoms with van der Waals surface area (Å²) in [6.45, 7) is -0.716. The molecule has 92 valence electrons. The van der Waals surface area contributed by atoms with Gasteiger partial charge in [0.1, 0.15) is 5.82 Å². The quantitative estimate of drug-likeness (QED) is 0.614. The number of urea groups is 1. The largest absolute Gasteiger partial charge is 0.480 e. The zero-order chi connectivity index (χ0) is 12.8. The molecule has 0 radical (unpaired) electrons. The van der Waals surface area contributed by atoms with Crippen LogP contribution in [0.3, 0.4) is 0 Å². The summed E-state index contributed by atoms with van der Waals surface area (Å²) >= 11 is 0. The first kappa shape index (κ1) is 12.9. The van der Waals surface area contributed by atoms with Crippen molar-refractivity contribution in [3.8, 4) is 0 Å². The van der Waals surface area contributed by atoms with Gasteiger partial charge in [-0.05, 0) is 24.3 Å². The molecule has 0 spiro atoms. The van der Waals surface area contributed by atoms with Gasteiger partial charge in [-0.2, -0.15) is 0 Å². The highest BCUT2D eigenvalue weighted by Gasteiger charge is 2.18. The summed E-state index contributed by atoms with van der Waals surface area (Å²) < 4.78 is 12.6. The Kier molecular flexibility index (Phi) is 4.41. The Hall–Kier alpha value is -2.15. The summed E-state index contributed by atoms with van der Waals surface area (Å²) in [5.74, 6) is -1.79. The lowest BCUT2D eigenvalue weighted by molar-refractivity contribution is -0.140. The number of nitrogens with one attached hydrogen (secondary N) is 2. The molecule has 1 rings (SSSR count). The van der Waals surface area contributed by atoms with Crippen LogP contribution in [0.15, 0.2) is 24.3 Å². The van der Waals surface area contributed by atoms with Gasteiger partial charge in [0.15, 0.2) is 6.04 Å². The SMILES string of the molecule is O=C(Nc1ccc(F)cc1)NC(CO)C(=O)O. The smallest absolute Gasteiger partial charge is 0.328 e. The predicted octanol–water partition coefficient (Wildman–Crippen LogP) is 0.393. The lowest BCUT2D eigenvalue weighted by atomic mass is 10.3. The molecule has 0 bridgehead atoms. The zero-order valence-corrected chi connectivity index (χ0v) is 8.68. The van der Waals surface area contributed by atoms with Crippen LogP contribution in [0.2, 0.25) is 0 Å². The molecule has 0 aliphatic carbocycles. The summed E-state index contributed by atoms with van der Waals surface area (Å²) in [6, 6.07) is 2.77. The fourth-order valence-electron chi connectivity index (χ4n) is 1.04. The van der Waals surface area contributed by atoms with Crippen LogP contribution < -0.4 is 10.6 Å². The molecule has 0 saturated carbocycles. The number of carboxylic acid groups (broad SMARTS) is 1. The first-order chi connectivity index (χ1) is 8.02. The summed E-state index contributed by atoms with van der Waals surface area (Å²) in [7, 11) is 0. The van der Waals surface area contributed by atoms with E-state index in [9.17, 15) is 14.0 Å². The molecular weight excluding hydrogens is 231 g/mol. The van der Waals surface area contributed by atoms with Crippen LogP contribution in [-0.2, 0) is 4.79 Å². The Morgan fingerprint density at radius 2 is 1.88 bits per heavy atom. The maximum Gasteiger partial charge on any atom is 0.328 e. The van der Waals surface area contributed by atoms with Gasteiger partial charge < -0.3 is 20.8 Å². The molecule has 0 saturated heterocycles. The first-order valence-electron chi connectivity index (χ1n) is 4.69. The lowest BCUT2D eigenvalue weighted by Gasteiger charge is -2.12. The standard InChI is InChI=1S/C10H11FN2O4/c11-6-1-3-7(4-2-6)12-10(17)13-8(5-14)9(15)16/h1-4,8,14H,5H2,(H,15,16)(H2,12,13,17). The lowest BCUT2D eigenvalue weighted by Crippen LogP contribution is -2.45. The number of aliphatic hydroxyl groups excluding tert-OH is 1. The topological polar surface area (TPSA) is 98.7 Å². The van der Waals surface area contributed by atoms with Gasteiger partial charge in [0.05, 0.1) is 6.61 Å². The van der Waals surface area contributed by atoms with Gasteiger partial charge in [-0.3, -0.25) is 0 Å². The number of benzene rings is 1. The summed E-state index contributed by atoms with van der Waals surface area (Å²) in [5.41, 5.74) is 0.311. The van der Waals surface area contributed by atoms with Gasteiger partial charge in [-0.1, -0.05) is 0 Å². The normalized spacial score (nSPS) is 11.6. The van der Waals surface area contributed by atoms with Gasteiger partial charge >= 0.3 is 12.0 Å². The van der Waals surface area contributed by atoms with Crippen molar-refractivity contribution in [1.82, 2.24) is 5.32 Å². The van der Waals surface area contributed by atoms with E-state index in [1.807, 2.05) is 5.32 Å². The van der Waals surface area contributed by atoms with Crippen LogP contribution in [0.1, 0.15) is 0 Å². The minimum Gasteiger partial charge on any atom is -0.480 e. The van der Waals surface area contributed by atoms with Crippen LogP contribution in [0, 0.1) is 5.82 Å². The molecule has 6 nitrogen and oxygen atoms in total. The van der Waals surface area contributed by atoms with Crippen molar-refractivity contribution in [3.05, 3.63) is 30.1 Å². The predicted molar refractivity (Wildman–Crippen MR) is 57.1 cm³/mol. The van der Waals surface area contributed by atoms with E-state index in [0.717, 1.165) is 12.1 Å². The van der Waals surface area contributed by atoms with Crippen molar-refractivity contribution >= 4 is 17.7 Å². The molecule has 0 aromatic heterocycles. The molecule has 1 atom stereocenters. The molecule has 0 heterocycles. The van der Waals surface area contributed by atoms with E-state index >= 15 is 0 Å². The van der Waals surface area contributed by atoms with Crippen LogP contribution in [-0.4, -0.2) is 34.9 Å². The zero-order valence-electron chi connectivity index (χ0n) is 8.68.